The number of hydrogen-bond acceptors (Lipinski definition) is 5. The summed E-state index contributed by atoms with van der Waals surface area (Å²) in [7, 11) is -3.70. The molecule has 0 saturated heterocycles. The molecule has 1 atom stereocenters. The highest BCUT2D eigenvalue weighted by atomic mass is 32.2. The molecule has 0 fully saturated rings. The second-order valence-corrected chi connectivity index (χ2v) is 8.92. The van der Waals surface area contributed by atoms with Crippen LogP contribution < -0.4 is 10.0 Å². The van der Waals surface area contributed by atoms with Crippen LogP contribution in [-0.2, 0) is 21.4 Å². The summed E-state index contributed by atoms with van der Waals surface area (Å²) in [6, 6.07) is 8.28. The number of sulfonamides is 1. The van der Waals surface area contributed by atoms with Gasteiger partial charge in [-0.3, -0.25) is 4.79 Å². The Labute approximate surface area is 145 Å². The first kappa shape index (κ1) is 17.1. The van der Waals surface area contributed by atoms with E-state index in [1.54, 1.807) is 43.0 Å². The zero-order valence-corrected chi connectivity index (χ0v) is 15.0. The molecular weight excluding hydrogens is 348 g/mol. The van der Waals surface area contributed by atoms with Crippen LogP contribution in [0, 0.1) is 6.92 Å². The number of amides is 1. The molecule has 1 aliphatic rings. The van der Waals surface area contributed by atoms with Crippen LogP contribution >= 0.6 is 11.8 Å². The molecule has 1 amide bonds. The van der Waals surface area contributed by atoms with Crippen LogP contribution in [0.2, 0.25) is 0 Å². The molecular formula is C16H18N2O4S2. The molecule has 3 rings (SSSR count). The monoisotopic (exact) mass is 366 g/mol. The van der Waals surface area contributed by atoms with Crippen LogP contribution in [0.25, 0.3) is 0 Å². The molecule has 1 aliphatic heterocycles. The molecule has 0 radical (unpaired) electrons. The van der Waals surface area contributed by atoms with Gasteiger partial charge in [-0.25, -0.2) is 13.1 Å². The van der Waals surface area contributed by atoms with Crippen molar-refractivity contribution >= 4 is 33.4 Å². The minimum atomic E-state index is -3.70. The van der Waals surface area contributed by atoms with Crippen molar-refractivity contribution in [2.75, 3.05) is 5.32 Å². The van der Waals surface area contributed by atoms with Gasteiger partial charge in [-0.2, -0.15) is 0 Å². The molecule has 24 heavy (non-hydrogen) atoms. The summed E-state index contributed by atoms with van der Waals surface area (Å²) in [5, 5.41) is 2.92. The highest BCUT2D eigenvalue weighted by molar-refractivity contribution is 8.00. The Morgan fingerprint density at radius 3 is 2.83 bits per heavy atom. The normalized spacial score (nSPS) is 17.9. The summed E-state index contributed by atoms with van der Waals surface area (Å²) in [4.78, 5) is 12.8. The Morgan fingerprint density at radius 1 is 1.33 bits per heavy atom. The van der Waals surface area contributed by atoms with E-state index in [0.29, 0.717) is 17.9 Å². The zero-order valence-electron chi connectivity index (χ0n) is 13.3. The highest BCUT2D eigenvalue weighted by Gasteiger charge is 2.22. The number of hydrogen-bond donors (Lipinski definition) is 2. The van der Waals surface area contributed by atoms with Crippen molar-refractivity contribution in [1.82, 2.24) is 4.72 Å². The third-order valence-corrected chi connectivity index (χ3v) is 6.15. The molecule has 1 unspecified atom stereocenters. The standard InChI is InChI=1S/C16H18N2O4S2/c1-10-3-4-12(22-10)9-17-24(20,21)13-5-6-15-14(8-13)18-16(19)7-11(2)23-15/h3-6,8,11,17H,7,9H2,1-2H3,(H,18,19). The van der Waals surface area contributed by atoms with E-state index >= 15 is 0 Å². The van der Waals surface area contributed by atoms with Crippen LogP contribution in [0.15, 0.2) is 44.5 Å². The quantitative estimate of drug-likeness (QED) is 0.869. The predicted molar refractivity (Wildman–Crippen MR) is 92.5 cm³/mol. The first-order chi connectivity index (χ1) is 11.3. The predicted octanol–water partition coefficient (Wildman–Crippen LogP) is 2.89. The molecule has 8 heteroatoms. The number of anilines is 1. The van der Waals surface area contributed by atoms with Gasteiger partial charge in [-0.1, -0.05) is 6.92 Å². The maximum Gasteiger partial charge on any atom is 0.241 e. The number of nitrogens with one attached hydrogen (secondary N) is 2. The lowest BCUT2D eigenvalue weighted by Crippen LogP contribution is -2.23. The molecule has 0 spiro atoms. The van der Waals surface area contributed by atoms with E-state index in [0.717, 1.165) is 10.7 Å². The maximum atomic E-state index is 12.5. The van der Waals surface area contributed by atoms with Crippen molar-refractivity contribution in [2.45, 2.75) is 41.9 Å². The number of fused-ring (bicyclic) bond motifs is 1. The fourth-order valence-electron chi connectivity index (χ4n) is 2.43. The van der Waals surface area contributed by atoms with E-state index in [1.807, 2.05) is 6.92 Å². The molecule has 0 bridgehead atoms. The van der Waals surface area contributed by atoms with Gasteiger partial charge in [-0.15, -0.1) is 11.8 Å². The first-order valence-electron chi connectivity index (χ1n) is 7.49. The second kappa shape index (κ2) is 6.62. The number of carbonyl (C=O) groups is 1. The van der Waals surface area contributed by atoms with Gasteiger partial charge in [0.1, 0.15) is 11.5 Å². The Kier molecular flexibility index (Phi) is 4.71. The van der Waals surface area contributed by atoms with E-state index in [-0.39, 0.29) is 22.6 Å². The molecule has 2 heterocycles. The zero-order chi connectivity index (χ0) is 17.3. The fourth-order valence-corrected chi connectivity index (χ4v) is 4.50. The maximum absolute atomic E-state index is 12.5. The van der Waals surface area contributed by atoms with Gasteiger partial charge >= 0.3 is 0 Å². The average molecular weight is 366 g/mol. The molecule has 1 aromatic heterocycles. The van der Waals surface area contributed by atoms with E-state index in [9.17, 15) is 13.2 Å². The van der Waals surface area contributed by atoms with Gasteiger partial charge in [0.05, 0.1) is 17.1 Å². The topological polar surface area (TPSA) is 88.4 Å². The Hall–Kier alpha value is -1.77. The average Bonchev–Trinajstić information content (AvgIpc) is 2.85. The minimum Gasteiger partial charge on any atom is -0.465 e. The fraction of sp³-hybridized carbons (Fsp3) is 0.312. The largest absolute Gasteiger partial charge is 0.465 e. The Balaban J connectivity index is 1.82. The van der Waals surface area contributed by atoms with Gasteiger partial charge in [0.2, 0.25) is 15.9 Å². The van der Waals surface area contributed by atoms with Crippen molar-refractivity contribution in [2.24, 2.45) is 0 Å². The Bertz CT molecular complexity index is 874. The van der Waals surface area contributed by atoms with Crippen molar-refractivity contribution in [3.63, 3.8) is 0 Å². The number of rotatable bonds is 4. The second-order valence-electron chi connectivity index (χ2n) is 5.68. The summed E-state index contributed by atoms with van der Waals surface area (Å²) in [5.41, 5.74) is 0.533. The Morgan fingerprint density at radius 2 is 2.12 bits per heavy atom. The molecule has 128 valence electrons. The summed E-state index contributed by atoms with van der Waals surface area (Å²) in [6.07, 6.45) is 0.400. The lowest BCUT2D eigenvalue weighted by molar-refractivity contribution is -0.116. The van der Waals surface area contributed by atoms with Crippen LogP contribution in [-0.4, -0.2) is 19.6 Å². The third-order valence-electron chi connectivity index (χ3n) is 3.57. The van der Waals surface area contributed by atoms with Crippen molar-refractivity contribution in [1.29, 1.82) is 0 Å². The smallest absolute Gasteiger partial charge is 0.241 e. The van der Waals surface area contributed by atoms with Crippen LogP contribution in [0.3, 0.4) is 0 Å². The van der Waals surface area contributed by atoms with Gasteiger partial charge in [-0.05, 0) is 37.3 Å². The summed E-state index contributed by atoms with van der Waals surface area (Å²) in [5.74, 6) is 1.16. The van der Waals surface area contributed by atoms with Crippen molar-refractivity contribution in [3.8, 4) is 0 Å². The molecule has 1 aromatic carbocycles. The summed E-state index contributed by atoms with van der Waals surface area (Å²) < 4.78 is 32.8. The summed E-state index contributed by atoms with van der Waals surface area (Å²) >= 11 is 1.56. The number of aryl methyl sites for hydroxylation is 1. The number of benzene rings is 1. The molecule has 2 aromatic rings. The van der Waals surface area contributed by atoms with Crippen molar-refractivity contribution < 1.29 is 17.6 Å². The molecule has 0 saturated carbocycles. The van der Waals surface area contributed by atoms with Crippen LogP contribution in [0.5, 0.6) is 0 Å². The lowest BCUT2D eigenvalue weighted by atomic mass is 10.3. The van der Waals surface area contributed by atoms with Gasteiger partial charge in [0.15, 0.2) is 0 Å². The van der Waals surface area contributed by atoms with Gasteiger partial charge < -0.3 is 9.73 Å². The van der Waals surface area contributed by atoms with Gasteiger partial charge in [0, 0.05) is 16.6 Å². The SMILES string of the molecule is Cc1ccc(CNS(=O)(=O)c2ccc3c(c2)NC(=O)CC(C)S3)o1. The first-order valence-corrected chi connectivity index (χ1v) is 9.85. The highest BCUT2D eigenvalue weighted by Crippen LogP contribution is 2.36. The molecule has 6 nitrogen and oxygen atoms in total. The van der Waals surface area contributed by atoms with Crippen LogP contribution in [0.4, 0.5) is 5.69 Å². The van der Waals surface area contributed by atoms with Crippen LogP contribution in [0.1, 0.15) is 24.9 Å². The van der Waals surface area contributed by atoms with E-state index < -0.39 is 10.0 Å². The third kappa shape index (κ3) is 3.82. The van der Waals surface area contributed by atoms with Crippen molar-refractivity contribution in [3.05, 3.63) is 41.9 Å². The molecule has 0 aliphatic carbocycles. The minimum absolute atomic E-state index is 0.0748. The molecule has 2 N–H and O–H groups in total. The van der Waals surface area contributed by atoms with E-state index in [1.165, 1.54) is 6.07 Å². The lowest BCUT2D eigenvalue weighted by Gasteiger charge is -2.11. The number of carbonyl (C=O) groups excluding carboxylic acids is 1. The van der Waals surface area contributed by atoms with E-state index in [2.05, 4.69) is 10.0 Å². The number of furan rings is 1. The van der Waals surface area contributed by atoms with Gasteiger partial charge in [0.25, 0.3) is 0 Å². The number of thioether (sulfide) groups is 1. The summed E-state index contributed by atoms with van der Waals surface area (Å²) in [6.45, 7) is 3.84. The van der Waals surface area contributed by atoms with E-state index in [4.69, 9.17) is 4.42 Å².